The van der Waals surface area contributed by atoms with Crippen molar-refractivity contribution in [3.63, 3.8) is 0 Å². The molecule has 0 aliphatic carbocycles. The zero-order chi connectivity index (χ0) is 12.5. The highest BCUT2D eigenvalue weighted by molar-refractivity contribution is 7.92. The summed E-state index contributed by atoms with van der Waals surface area (Å²) in [4.78, 5) is 0. The summed E-state index contributed by atoms with van der Waals surface area (Å²) in [7, 11) is -3.19. The summed E-state index contributed by atoms with van der Waals surface area (Å²) < 4.78 is 25.9. The molecule has 0 radical (unpaired) electrons. The van der Waals surface area contributed by atoms with E-state index in [1.54, 1.807) is 4.31 Å². The summed E-state index contributed by atoms with van der Waals surface area (Å²) in [6.07, 6.45) is 0. The Labute approximate surface area is 103 Å². The largest absolute Gasteiger partial charge is 0.314 e. The van der Waals surface area contributed by atoms with E-state index in [0.29, 0.717) is 19.6 Å². The van der Waals surface area contributed by atoms with Crippen LogP contribution in [-0.4, -0.2) is 33.8 Å². The fourth-order valence-electron chi connectivity index (χ4n) is 2.21. The van der Waals surface area contributed by atoms with Gasteiger partial charge < -0.3 is 5.32 Å². The first kappa shape index (κ1) is 12.4. The highest BCUT2D eigenvalue weighted by Crippen LogP contribution is 2.27. The molecule has 1 aliphatic heterocycles. The average Bonchev–Trinajstić information content (AvgIpc) is 2.40. The summed E-state index contributed by atoms with van der Waals surface area (Å²) >= 11 is 0. The number of rotatable bonds is 1. The maximum atomic E-state index is 12.2. The molecule has 1 aromatic carbocycles. The highest BCUT2D eigenvalue weighted by atomic mass is 32.2. The van der Waals surface area contributed by atoms with Crippen molar-refractivity contribution >= 4 is 15.7 Å². The van der Waals surface area contributed by atoms with E-state index < -0.39 is 10.0 Å². The summed E-state index contributed by atoms with van der Waals surface area (Å²) in [6.45, 7) is 5.65. The molecule has 0 spiro atoms. The van der Waals surface area contributed by atoms with Gasteiger partial charge in [-0.15, -0.1) is 0 Å². The van der Waals surface area contributed by atoms with Gasteiger partial charge >= 0.3 is 0 Å². The van der Waals surface area contributed by atoms with Gasteiger partial charge in [-0.3, -0.25) is 4.31 Å². The Kier molecular flexibility index (Phi) is 3.40. The lowest BCUT2D eigenvalue weighted by Crippen LogP contribution is -2.34. The molecular formula is C12H18N2O2S. The lowest BCUT2D eigenvalue weighted by molar-refractivity contribution is 0.593. The van der Waals surface area contributed by atoms with Crippen LogP contribution >= 0.6 is 0 Å². The molecule has 0 unspecified atom stereocenters. The highest BCUT2D eigenvalue weighted by Gasteiger charge is 2.26. The van der Waals surface area contributed by atoms with Crippen LogP contribution in [0.5, 0.6) is 0 Å². The molecule has 1 saturated heterocycles. The number of anilines is 1. The molecule has 17 heavy (non-hydrogen) atoms. The van der Waals surface area contributed by atoms with E-state index in [2.05, 4.69) is 5.32 Å². The Hall–Kier alpha value is -1.07. The normalized spacial score (nSPS) is 20.0. The first-order valence-electron chi connectivity index (χ1n) is 5.80. The summed E-state index contributed by atoms with van der Waals surface area (Å²) in [6, 6.07) is 5.86. The van der Waals surface area contributed by atoms with E-state index in [-0.39, 0.29) is 5.75 Å². The van der Waals surface area contributed by atoms with Gasteiger partial charge in [0.05, 0.1) is 11.4 Å². The van der Waals surface area contributed by atoms with Gasteiger partial charge in [0.15, 0.2) is 0 Å². The smallest absolute Gasteiger partial charge is 0.236 e. The Balaban J connectivity index is 2.50. The minimum Gasteiger partial charge on any atom is -0.314 e. The second-order valence-electron chi connectivity index (χ2n) is 4.38. The minimum atomic E-state index is -3.19. The summed E-state index contributed by atoms with van der Waals surface area (Å²) in [5.74, 6) is 0.167. The lowest BCUT2D eigenvalue weighted by Gasteiger charge is -2.25. The van der Waals surface area contributed by atoms with Crippen molar-refractivity contribution in [2.75, 3.05) is 29.7 Å². The molecule has 0 bridgehead atoms. The molecule has 0 saturated carbocycles. The number of nitrogens with zero attached hydrogens (tertiary/aromatic N) is 1. The van der Waals surface area contributed by atoms with Gasteiger partial charge in [-0.05, 0) is 25.0 Å². The fourth-order valence-corrected chi connectivity index (χ4v) is 3.76. The molecule has 94 valence electrons. The first-order valence-corrected chi connectivity index (χ1v) is 7.40. The van der Waals surface area contributed by atoms with Gasteiger partial charge in [0.2, 0.25) is 10.0 Å². The van der Waals surface area contributed by atoms with E-state index in [1.165, 1.54) is 0 Å². The zero-order valence-corrected chi connectivity index (χ0v) is 11.0. The van der Waals surface area contributed by atoms with Crippen molar-refractivity contribution in [1.29, 1.82) is 0 Å². The minimum absolute atomic E-state index is 0.167. The second-order valence-corrected chi connectivity index (χ2v) is 6.39. The van der Waals surface area contributed by atoms with Crippen LogP contribution in [0.25, 0.3) is 0 Å². The zero-order valence-electron chi connectivity index (χ0n) is 10.2. The summed E-state index contributed by atoms with van der Waals surface area (Å²) in [5.41, 5.74) is 2.86. The van der Waals surface area contributed by atoms with Crippen molar-refractivity contribution < 1.29 is 8.42 Å². The van der Waals surface area contributed by atoms with Crippen LogP contribution < -0.4 is 9.62 Å². The van der Waals surface area contributed by atoms with Gasteiger partial charge in [-0.2, -0.15) is 0 Å². The molecular weight excluding hydrogens is 236 g/mol. The molecule has 1 aromatic rings. The van der Waals surface area contributed by atoms with Crippen LogP contribution in [0.3, 0.4) is 0 Å². The molecule has 1 aliphatic rings. The van der Waals surface area contributed by atoms with Crippen molar-refractivity contribution in [1.82, 2.24) is 5.32 Å². The molecule has 1 fully saturated rings. The molecule has 0 aromatic heterocycles. The van der Waals surface area contributed by atoms with Crippen molar-refractivity contribution in [3.05, 3.63) is 29.3 Å². The van der Waals surface area contributed by atoms with Gasteiger partial charge in [-0.25, -0.2) is 8.42 Å². The Morgan fingerprint density at radius 2 is 1.82 bits per heavy atom. The predicted octanol–water partition coefficient (Wildman–Crippen LogP) is 1.04. The molecule has 0 amide bonds. The third kappa shape index (κ3) is 2.45. The van der Waals surface area contributed by atoms with Crippen molar-refractivity contribution in [2.45, 2.75) is 13.8 Å². The number of nitrogens with one attached hydrogen (secondary N) is 1. The van der Waals surface area contributed by atoms with E-state index in [1.807, 2.05) is 32.0 Å². The maximum absolute atomic E-state index is 12.2. The van der Waals surface area contributed by atoms with Crippen molar-refractivity contribution in [2.24, 2.45) is 0 Å². The first-order chi connectivity index (χ1) is 8.02. The molecule has 4 nitrogen and oxygen atoms in total. The fraction of sp³-hybridized carbons (Fsp3) is 0.500. The van der Waals surface area contributed by atoms with Crippen LogP contribution in [0.15, 0.2) is 18.2 Å². The van der Waals surface area contributed by atoms with Crippen LogP contribution in [0, 0.1) is 13.8 Å². The van der Waals surface area contributed by atoms with Crippen LogP contribution in [0.1, 0.15) is 11.1 Å². The Morgan fingerprint density at radius 1 is 1.18 bits per heavy atom. The van der Waals surface area contributed by atoms with E-state index in [0.717, 1.165) is 16.8 Å². The molecule has 1 N–H and O–H groups in total. The van der Waals surface area contributed by atoms with E-state index in [9.17, 15) is 8.42 Å². The van der Waals surface area contributed by atoms with Crippen LogP contribution in [0.2, 0.25) is 0 Å². The second kappa shape index (κ2) is 4.66. The standard InChI is InChI=1S/C12H18N2O2S/c1-10-4-3-5-11(2)12(10)14-8-6-13-7-9-17(14,15)16/h3-5,13H,6-9H2,1-2H3. The monoisotopic (exact) mass is 254 g/mol. The predicted molar refractivity (Wildman–Crippen MR) is 69.9 cm³/mol. The number of hydrogen-bond acceptors (Lipinski definition) is 3. The van der Waals surface area contributed by atoms with Gasteiger partial charge in [0.1, 0.15) is 0 Å². The summed E-state index contributed by atoms with van der Waals surface area (Å²) in [5, 5.41) is 3.12. The van der Waals surface area contributed by atoms with Gasteiger partial charge in [-0.1, -0.05) is 18.2 Å². The maximum Gasteiger partial charge on any atom is 0.236 e. The number of benzene rings is 1. The van der Waals surface area contributed by atoms with Gasteiger partial charge in [0, 0.05) is 19.6 Å². The molecule has 1 heterocycles. The third-order valence-electron chi connectivity index (χ3n) is 3.05. The third-order valence-corrected chi connectivity index (χ3v) is 4.81. The lowest BCUT2D eigenvalue weighted by atomic mass is 10.1. The topological polar surface area (TPSA) is 49.4 Å². The number of hydrogen-bond donors (Lipinski definition) is 1. The Bertz CT molecular complexity index is 491. The van der Waals surface area contributed by atoms with E-state index in [4.69, 9.17) is 0 Å². The van der Waals surface area contributed by atoms with Crippen LogP contribution in [-0.2, 0) is 10.0 Å². The molecule has 2 rings (SSSR count). The van der Waals surface area contributed by atoms with Crippen LogP contribution in [0.4, 0.5) is 5.69 Å². The van der Waals surface area contributed by atoms with Crippen molar-refractivity contribution in [3.8, 4) is 0 Å². The quantitative estimate of drug-likeness (QED) is 0.815. The number of aryl methyl sites for hydroxylation is 2. The molecule has 0 atom stereocenters. The van der Waals surface area contributed by atoms with Gasteiger partial charge in [0.25, 0.3) is 0 Å². The number of para-hydroxylation sites is 1. The van der Waals surface area contributed by atoms with E-state index >= 15 is 0 Å². The number of sulfonamides is 1. The Morgan fingerprint density at radius 3 is 2.47 bits per heavy atom. The SMILES string of the molecule is Cc1cccc(C)c1N1CCNCCS1(=O)=O. The molecule has 5 heteroatoms. The average molecular weight is 254 g/mol.